The lowest BCUT2D eigenvalue weighted by atomic mass is 9.69. The van der Waals surface area contributed by atoms with Crippen molar-refractivity contribution in [3.63, 3.8) is 0 Å². The van der Waals surface area contributed by atoms with E-state index in [-0.39, 0.29) is 5.92 Å². The summed E-state index contributed by atoms with van der Waals surface area (Å²) in [5.41, 5.74) is 6.50. The van der Waals surface area contributed by atoms with E-state index < -0.39 is 0 Å². The van der Waals surface area contributed by atoms with Gasteiger partial charge in [0.2, 0.25) is 0 Å². The Bertz CT molecular complexity index is 1130. The van der Waals surface area contributed by atoms with Crippen molar-refractivity contribution in [1.82, 2.24) is 0 Å². The Morgan fingerprint density at radius 2 is 1.45 bits per heavy atom. The van der Waals surface area contributed by atoms with E-state index in [1.807, 2.05) is 18.2 Å². The molecule has 2 heteroatoms. The summed E-state index contributed by atoms with van der Waals surface area (Å²) in [5, 5.41) is 9.81. The predicted octanol–water partition coefficient (Wildman–Crippen LogP) is 6.83. The molecule has 154 valence electrons. The number of rotatable bonds is 5. The molecule has 1 aliphatic carbocycles. The summed E-state index contributed by atoms with van der Waals surface area (Å²) in [6.45, 7) is 0.577. The zero-order chi connectivity index (χ0) is 21.0. The predicted molar refractivity (Wildman–Crippen MR) is 125 cm³/mol. The summed E-state index contributed by atoms with van der Waals surface area (Å²) < 4.78 is 6.09. The Hall–Kier alpha value is -3.52. The van der Waals surface area contributed by atoms with Gasteiger partial charge >= 0.3 is 0 Å². The van der Waals surface area contributed by atoms with E-state index in [1.165, 1.54) is 27.8 Å². The highest BCUT2D eigenvalue weighted by Crippen LogP contribution is 2.47. The van der Waals surface area contributed by atoms with E-state index in [2.05, 4.69) is 72.8 Å². The lowest BCUT2D eigenvalue weighted by Crippen LogP contribution is -2.20. The zero-order valence-corrected chi connectivity index (χ0v) is 17.4. The van der Waals surface area contributed by atoms with Crippen molar-refractivity contribution < 1.29 is 9.84 Å². The molecule has 2 nitrogen and oxygen atoms in total. The van der Waals surface area contributed by atoms with Gasteiger partial charge in [0.1, 0.15) is 18.1 Å². The van der Waals surface area contributed by atoms with Crippen LogP contribution in [0, 0.1) is 0 Å². The molecular weight excluding hydrogens is 380 g/mol. The van der Waals surface area contributed by atoms with Gasteiger partial charge in [0.05, 0.1) is 0 Å². The van der Waals surface area contributed by atoms with Crippen molar-refractivity contribution in [2.45, 2.75) is 31.3 Å². The molecule has 0 spiro atoms. The first-order valence-corrected chi connectivity index (χ1v) is 10.9. The molecule has 0 saturated heterocycles. The van der Waals surface area contributed by atoms with Crippen LogP contribution in [0.15, 0.2) is 103 Å². The van der Waals surface area contributed by atoms with E-state index in [0.29, 0.717) is 18.3 Å². The maximum atomic E-state index is 9.81. The summed E-state index contributed by atoms with van der Waals surface area (Å²) in [5.74, 6) is 1.90. The van der Waals surface area contributed by atoms with Crippen molar-refractivity contribution in [2.24, 2.45) is 0 Å². The highest BCUT2D eigenvalue weighted by molar-refractivity contribution is 5.48. The van der Waals surface area contributed by atoms with Gasteiger partial charge in [0, 0.05) is 5.92 Å². The summed E-state index contributed by atoms with van der Waals surface area (Å²) in [4.78, 5) is 0. The maximum absolute atomic E-state index is 9.81. The maximum Gasteiger partial charge on any atom is 0.120 e. The molecule has 5 rings (SSSR count). The molecule has 2 atom stereocenters. The van der Waals surface area contributed by atoms with Gasteiger partial charge in [-0.3, -0.25) is 0 Å². The largest absolute Gasteiger partial charge is 0.508 e. The molecule has 0 aliphatic heterocycles. The third-order valence-electron chi connectivity index (χ3n) is 6.30. The van der Waals surface area contributed by atoms with Crippen molar-refractivity contribution in [2.75, 3.05) is 0 Å². The summed E-state index contributed by atoms with van der Waals surface area (Å²) in [7, 11) is 0. The first kappa shape index (κ1) is 19.4. The third-order valence-corrected chi connectivity index (χ3v) is 6.30. The highest BCUT2D eigenvalue weighted by Gasteiger charge is 2.32. The number of phenolic OH excluding ortho intramolecular Hbond substituents is 1. The smallest absolute Gasteiger partial charge is 0.120 e. The van der Waals surface area contributed by atoms with Crippen LogP contribution < -0.4 is 4.74 Å². The normalized spacial score (nSPS) is 17.7. The molecule has 0 bridgehead atoms. The van der Waals surface area contributed by atoms with E-state index in [1.54, 1.807) is 12.1 Å². The Morgan fingerprint density at radius 1 is 0.742 bits per heavy atom. The number of aryl methyl sites for hydroxylation is 1. The molecule has 0 heterocycles. The second kappa shape index (κ2) is 8.69. The van der Waals surface area contributed by atoms with E-state index in [0.717, 1.165) is 18.6 Å². The Kier molecular flexibility index (Phi) is 5.45. The van der Waals surface area contributed by atoms with Crippen LogP contribution in [0.4, 0.5) is 0 Å². The number of aromatic hydroxyl groups is 1. The molecule has 1 N–H and O–H groups in total. The fraction of sp³-hybridized carbons (Fsp3) is 0.172. The van der Waals surface area contributed by atoms with Crippen LogP contribution in [-0.2, 0) is 13.0 Å². The number of phenols is 1. The van der Waals surface area contributed by atoms with Crippen molar-refractivity contribution in [1.29, 1.82) is 0 Å². The monoisotopic (exact) mass is 406 g/mol. The first-order valence-electron chi connectivity index (χ1n) is 10.9. The molecule has 0 saturated carbocycles. The average molecular weight is 407 g/mol. The van der Waals surface area contributed by atoms with Gasteiger partial charge in [-0.15, -0.1) is 0 Å². The molecule has 0 amide bonds. The van der Waals surface area contributed by atoms with Crippen LogP contribution >= 0.6 is 0 Å². The Labute approximate surface area is 183 Å². The second-order valence-electron chi connectivity index (χ2n) is 8.26. The second-order valence-corrected chi connectivity index (χ2v) is 8.26. The van der Waals surface area contributed by atoms with Crippen molar-refractivity contribution in [3.05, 3.63) is 131 Å². The SMILES string of the molecule is Oc1ccc(C2c3ccc(OCc4ccccc4)cc3CC[C@H]2c2ccccc2)cc1. The average Bonchev–Trinajstić information content (AvgIpc) is 2.84. The molecule has 0 fully saturated rings. The van der Waals surface area contributed by atoms with Gasteiger partial charge in [-0.2, -0.15) is 0 Å². The standard InChI is InChI=1S/C29H26O2/c30-25-14-11-23(12-15-25)29-27(22-9-5-2-6-10-22)17-13-24-19-26(16-18-28(24)29)31-20-21-7-3-1-4-8-21/h1-12,14-16,18-19,27,29-30H,13,17,20H2/t27-,29?/m0/s1. The van der Waals surface area contributed by atoms with E-state index >= 15 is 0 Å². The minimum Gasteiger partial charge on any atom is -0.508 e. The summed E-state index contributed by atoms with van der Waals surface area (Å²) >= 11 is 0. The van der Waals surface area contributed by atoms with Gasteiger partial charge in [-0.25, -0.2) is 0 Å². The van der Waals surface area contributed by atoms with Gasteiger partial charge < -0.3 is 9.84 Å². The van der Waals surface area contributed by atoms with Crippen LogP contribution in [0.5, 0.6) is 11.5 Å². The van der Waals surface area contributed by atoms with Gasteiger partial charge in [-0.05, 0) is 70.8 Å². The summed E-state index contributed by atoms with van der Waals surface area (Å²) in [6.07, 6.45) is 2.12. The summed E-state index contributed by atoms with van der Waals surface area (Å²) in [6, 6.07) is 35.3. The van der Waals surface area contributed by atoms with E-state index in [4.69, 9.17) is 4.74 Å². The van der Waals surface area contributed by atoms with Crippen molar-refractivity contribution >= 4 is 0 Å². The van der Waals surface area contributed by atoms with Crippen LogP contribution in [0.2, 0.25) is 0 Å². The minimum absolute atomic E-state index is 0.259. The molecule has 1 aliphatic rings. The fourth-order valence-corrected chi connectivity index (χ4v) is 4.78. The van der Waals surface area contributed by atoms with Crippen LogP contribution in [0.3, 0.4) is 0 Å². The molecule has 4 aromatic carbocycles. The molecule has 0 radical (unpaired) electrons. The minimum atomic E-state index is 0.259. The quantitative estimate of drug-likeness (QED) is 0.393. The Balaban J connectivity index is 1.48. The van der Waals surface area contributed by atoms with Gasteiger partial charge in [0.25, 0.3) is 0 Å². The van der Waals surface area contributed by atoms with Crippen molar-refractivity contribution in [3.8, 4) is 11.5 Å². The van der Waals surface area contributed by atoms with Gasteiger partial charge in [0.15, 0.2) is 0 Å². The number of ether oxygens (including phenoxy) is 1. The molecular formula is C29H26O2. The van der Waals surface area contributed by atoms with Crippen LogP contribution in [0.1, 0.15) is 46.1 Å². The highest BCUT2D eigenvalue weighted by atomic mass is 16.5. The molecule has 31 heavy (non-hydrogen) atoms. The Morgan fingerprint density at radius 3 is 2.19 bits per heavy atom. The van der Waals surface area contributed by atoms with E-state index in [9.17, 15) is 5.11 Å². The number of hydrogen-bond acceptors (Lipinski definition) is 2. The number of fused-ring (bicyclic) bond motifs is 1. The number of benzene rings is 4. The van der Waals surface area contributed by atoms with Gasteiger partial charge in [-0.1, -0.05) is 78.9 Å². The molecule has 1 unspecified atom stereocenters. The lowest BCUT2D eigenvalue weighted by molar-refractivity contribution is 0.305. The first-order chi connectivity index (χ1) is 15.3. The topological polar surface area (TPSA) is 29.5 Å². The molecule has 4 aromatic rings. The zero-order valence-electron chi connectivity index (χ0n) is 17.4. The third kappa shape index (κ3) is 4.20. The molecule has 0 aromatic heterocycles. The lowest BCUT2D eigenvalue weighted by Gasteiger charge is -2.35. The van der Waals surface area contributed by atoms with Crippen LogP contribution in [-0.4, -0.2) is 5.11 Å². The fourth-order valence-electron chi connectivity index (χ4n) is 4.78. The number of hydrogen-bond donors (Lipinski definition) is 1. The van der Waals surface area contributed by atoms with Crippen LogP contribution in [0.25, 0.3) is 0 Å².